The van der Waals surface area contributed by atoms with E-state index >= 15 is 0 Å². The van der Waals surface area contributed by atoms with Crippen LogP contribution in [-0.2, 0) is 17.6 Å². The van der Waals surface area contributed by atoms with Crippen LogP contribution in [0.3, 0.4) is 0 Å². The molecule has 0 bridgehead atoms. The van der Waals surface area contributed by atoms with E-state index < -0.39 is 0 Å². The highest BCUT2D eigenvalue weighted by molar-refractivity contribution is 5.91. The Hall–Kier alpha value is -2.03. The van der Waals surface area contributed by atoms with Gasteiger partial charge in [0.25, 0.3) is 0 Å². The Morgan fingerprint density at radius 2 is 2.04 bits per heavy atom. The van der Waals surface area contributed by atoms with Gasteiger partial charge >= 0.3 is 0 Å². The standard InChI is InChI=1S/C20H23NO2/c1-23-19-17-8-3-2-5-14(17)11-15-9-10-16(12-18(15)19)21-20(22)13-6-4-7-13/h2-3,5,8,11,13,16H,4,6-7,9-10,12H2,1H3,(H,21,22). The number of benzene rings is 2. The molecule has 0 aromatic heterocycles. The van der Waals surface area contributed by atoms with Crippen molar-refractivity contribution < 1.29 is 9.53 Å². The van der Waals surface area contributed by atoms with E-state index in [9.17, 15) is 4.79 Å². The molecule has 0 spiro atoms. The zero-order valence-corrected chi connectivity index (χ0v) is 13.6. The minimum absolute atomic E-state index is 0.241. The van der Waals surface area contributed by atoms with Crippen molar-refractivity contribution in [3.05, 3.63) is 41.5 Å². The van der Waals surface area contributed by atoms with Crippen LogP contribution < -0.4 is 10.1 Å². The molecular weight excluding hydrogens is 286 g/mol. The minimum Gasteiger partial charge on any atom is -0.496 e. The number of hydrogen-bond acceptors (Lipinski definition) is 2. The molecule has 1 amide bonds. The number of ether oxygens (including phenoxy) is 1. The number of amides is 1. The molecule has 1 atom stereocenters. The van der Waals surface area contributed by atoms with Gasteiger partial charge in [-0.05, 0) is 43.1 Å². The average Bonchev–Trinajstić information content (AvgIpc) is 2.51. The summed E-state index contributed by atoms with van der Waals surface area (Å²) in [6.45, 7) is 0. The minimum atomic E-state index is 0.241. The quantitative estimate of drug-likeness (QED) is 0.940. The molecule has 1 N–H and O–H groups in total. The summed E-state index contributed by atoms with van der Waals surface area (Å²) in [7, 11) is 1.75. The van der Waals surface area contributed by atoms with Crippen molar-refractivity contribution in [3.8, 4) is 5.75 Å². The zero-order valence-electron chi connectivity index (χ0n) is 13.6. The molecule has 3 heteroatoms. The fourth-order valence-electron chi connectivity index (χ4n) is 3.88. The molecule has 1 unspecified atom stereocenters. The predicted octanol–water partition coefficient (Wildman–Crippen LogP) is 3.62. The molecule has 120 valence electrons. The normalized spacial score (nSPS) is 20.7. The SMILES string of the molecule is COc1c2c(cc3ccccc13)CCC(NC(=O)C1CCC1)C2. The molecule has 2 aromatic rings. The first-order valence-corrected chi connectivity index (χ1v) is 8.64. The van der Waals surface area contributed by atoms with Gasteiger partial charge in [0.1, 0.15) is 5.75 Å². The van der Waals surface area contributed by atoms with Crippen LogP contribution in [-0.4, -0.2) is 19.1 Å². The third-order valence-corrected chi connectivity index (χ3v) is 5.44. The van der Waals surface area contributed by atoms with Crippen LogP contribution in [0.15, 0.2) is 30.3 Å². The van der Waals surface area contributed by atoms with Gasteiger partial charge in [0.05, 0.1) is 7.11 Å². The lowest BCUT2D eigenvalue weighted by Crippen LogP contribution is -2.43. The molecule has 4 rings (SSSR count). The van der Waals surface area contributed by atoms with Gasteiger partial charge in [0, 0.05) is 22.9 Å². The van der Waals surface area contributed by atoms with Gasteiger partial charge in [-0.3, -0.25) is 4.79 Å². The first kappa shape index (κ1) is 14.6. The van der Waals surface area contributed by atoms with Gasteiger partial charge in [0.2, 0.25) is 5.91 Å². The van der Waals surface area contributed by atoms with Crippen molar-refractivity contribution in [2.45, 2.75) is 44.6 Å². The van der Waals surface area contributed by atoms with E-state index in [-0.39, 0.29) is 17.9 Å². The Morgan fingerprint density at radius 3 is 2.78 bits per heavy atom. The van der Waals surface area contributed by atoms with Crippen LogP contribution in [0.5, 0.6) is 5.75 Å². The molecule has 0 radical (unpaired) electrons. The molecule has 0 heterocycles. The highest BCUT2D eigenvalue weighted by atomic mass is 16.5. The van der Waals surface area contributed by atoms with Crippen molar-refractivity contribution in [1.29, 1.82) is 0 Å². The summed E-state index contributed by atoms with van der Waals surface area (Å²) in [5.41, 5.74) is 2.64. The Labute approximate surface area is 137 Å². The molecule has 3 nitrogen and oxygen atoms in total. The molecule has 2 aromatic carbocycles. The molecule has 2 aliphatic rings. The first-order valence-electron chi connectivity index (χ1n) is 8.64. The average molecular weight is 309 g/mol. The van der Waals surface area contributed by atoms with Crippen LogP contribution in [0.25, 0.3) is 10.8 Å². The maximum atomic E-state index is 12.2. The van der Waals surface area contributed by atoms with Crippen molar-refractivity contribution in [1.82, 2.24) is 5.32 Å². The Balaban J connectivity index is 1.62. The summed E-state index contributed by atoms with van der Waals surface area (Å²) in [6, 6.07) is 10.9. The second-order valence-corrected chi connectivity index (χ2v) is 6.84. The monoisotopic (exact) mass is 309 g/mol. The maximum Gasteiger partial charge on any atom is 0.223 e. The van der Waals surface area contributed by atoms with Crippen molar-refractivity contribution in [2.75, 3.05) is 7.11 Å². The van der Waals surface area contributed by atoms with Crippen LogP contribution >= 0.6 is 0 Å². The van der Waals surface area contributed by atoms with Gasteiger partial charge in [-0.2, -0.15) is 0 Å². The number of rotatable bonds is 3. The topological polar surface area (TPSA) is 38.3 Å². The summed E-state index contributed by atoms with van der Waals surface area (Å²) < 4.78 is 5.75. The summed E-state index contributed by atoms with van der Waals surface area (Å²) in [4.78, 5) is 12.2. The van der Waals surface area contributed by atoms with E-state index in [1.54, 1.807) is 7.11 Å². The lowest BCUT2D eigenvalue weighted by molar-refractivity contribution is -0.128. The van der Waals surface area contributed by atoms with Crippen LogP contribution in [0, 0.1) is 5.92 Å². The number of carbonyl (C=O) groups excluding carboxylic acids is 1. The maximum absolute atomic E-state index is 12.2. The van der Waals surface area contributed by atoms with E-state index in [1.807, 2.05) is 0 Å². The molecular formula is C20H23NO2. The fourth-order valence-corrected chi connectivity index (χ4v) is 3.88. The smallest absolute Gasteiger partial charge is 0.223 e. The van der Waals surface area contributed by atoms with Gasteiger partial charge < -0.3 is 10.1 Å². The number of carbonyl (C=O) groups is 1. The number of nitrogens with one attached hydrogen (secondary N) is 1. The van der Waals surface area contributed by atoms with Gasteiger partial charge in [-0.1, -0.05) is 36.8 Å². The molecule has 23 heavy (non-hydrogen) atoms. The third-order valence-electron chi connectivity index (χ3n) is 5.44. The Bertz CT molecular complexity index is 749. The Kier molecular flexibility index (Phi) is 3.72. The van der Waals surface area contributed by atoms with E-state index in [0.717, 1.165) is 37.9 Å². The van der Waals surface area contributed by atoms with Gasteiger partial charge in [-0.15, -0.1) is 0 Å². The highest BCUT2D eigenvalue weighted by Gasteiger charge is 2.29. The van der Waals surface area contributed by atoms with Crippen LogP contribution in [0.4, 0.5) is 0 Å². The van der Waals surface area contributed by atoms with Crippen molar-refractivity contribution in [3.63, 3.8) is 0 Å². The van der Waals surface area contributed by atoms with Gasteiger partial charge in [0.15, 0.2) is 0 Å². The van der Waals surface area contributed by atoms with Crippen LogP contribution in [0.2, 0.25) is 0 Å². The fraction of sp³-hybridized carbons (Fsp3) is 0.450. The van der Waals surface area contributed by atoms with E-state index in [1.165, 1.54) is 28.3 Å². The zero-order chi connectivity index (χ0) is 15.8. The van der Waals surface area contributed by atoms with Crippen molar-refractivity contribution in [2.24, 2.45) is 5.92 Å². The predicted molar refractivity (Wildman–Crippen MR) is 91.8 cm³/mol. The van der Waals surface area contributed by atoms with E-state index in [2.05, 4.69) is 35.6 Å². The summed E-state index contributed by atoms with van der Waals surface area (Å²) in [5, 5.41) is 5.67. The molecule has 1 fully saturated rings. The number of methoxy groups -OCH3 is 1. The number of hydrogen-bond donors (Lipinski definition) is 1. The highest BCUT2D eigenvalue weighted by Crippen LogP contribution is 2.37. The lowest BCUT2D eigenvalue weighted by atomic mass is 9.82. The molecule has 0 saturated heterocycles. The number of fused-ring (bicyclic) bond motifs is 2. The molecule has 0 aliphatic heterocycles. The first-order chi connectivity index (χ1) is 11.3. The van der Waals surface area contributed by atoms with Gasteiger partial charge in [-0.25, -0.2) is 0 Å². The summed E-state index contributed by atoms with van der Waals surface area (Å²) >= 11 is 0. The second kappa shape index (κ2) is 5.88. The lowest BCUT2D eigenvalue weighted by Gasteiger charge is -2.31. The number of aryl methyl sites for hydroxylation is 1. The summed E-state index contributed by atoms with van der Waals surface area (Å²) in [5.74, 6) is 1.50. The largest absolute Gasteiger partial charge is 0.496 e. The molecule has 1 saturated carbocycles. The van der Waals surface area contributed by atoms with E-state index in [0.29, 0.717) is 0 Å². The van der Waals surface area contributed by atoms with Crippen molar-refractivity contribution >= 4 is 16.7 Å². The van der Waals surface area contributed by atoms with Crippen LogP contribution in [0.1, 0.15) is 36.8 Å². The second-order valence-electron chi connectivity index (χ2n) is 6.84. The third kappa shape index (κ3) is 2.58. The Morgan fingerprint density at radius 1 is 1.22 bits per heavy atom. The van der Waals surface area contributed by atoms with E-state index in [4.69, 9.17) is 4.74 Å². The molecule has 2 aliphatic carbocycles. The summed E-state index contributed by atoms with van der Waals surface area (Å²) in [6.07, 6.45) is 6.22.